The van der Waals surface area contributed by atoms with Crippen LogP contribution in [0.3, 0.4) is 0 Å². The van der Waals surface area contributed by atoms with Gasteiger partial charge < -0.3 is 10.4 Å². The zero-order valence-electron chi connectivity index (χ0n) is 10.7. The number of rotatable bonds is 4. The molecule has 17 heavy (non-hydrogen) atoms. The van der Waals surface area contributed by atoms with E-state index in [1.165, 1.54) is 12.8 Å². The Bertz CT molecular complexity index is 277. The Hall–Kier alpha value is -0.610. The molecule has 0 radical (unpaired) electrons. The van der Waals surface area contributed by atoms with Gasteiger partial charge in [-0.15, -0.1) is 0 Å². The molecule has 1 aliphatic carbocycles. The topological polar surface area (TPSA) is 61.4 Å². The number of nitrogens with one attached hydrogen (secondary N) is 2. The van der Waals surface area contributed by atoms with E-state index in [0.29, 0.717) is 12.5 Å². The van der Waals surface area contributed by atoms with Crippen LogP contribution in [-0.4, -0.2) is 35.7 Å². The van der Waals surface area contributed by atoms with Crippen LogP contribution >= 0.6 is 0 Å². The van der Waals surface area contributed by atoms with E-state index in [1.807, 2.05) is 0 Å². The molecule has 4 heteroatoms. The van der Waals surface area contributed by atoms with E-state index in [-0.39, 0.29) is 5.92 Å². The normalized spacial score (nSPS) is 35.0. The molecule has 3 N–H and O–H groups in total. The van der Waals surface area contributed by atoms with Crippen molar-refractivity contribution in [1.29, 1.82) is 0 Å². The lowest BCUT2D eigenvalue weighted by molar-refractivity contribution is -0.149. The smallest absolute Gasteiger partial charge is 0.324 e. The highest BCUT2D eigenvalue weighted by Crippen LogP contribution is 2.31. The van der Waals surface area contributed by atoms with Gasteiger partial charge in [0.1, 0.15) is 5.54 Å². The predicted molar refractivity (Wildman–Crippen MR) is 67.0 cm³/mol. The van der Waals surface area contributed by atoms with Gasteiger partial charge in [-0.3, -0.25) is 10.1 Å². The molecule has 1 saturated carbocycles. The molecule has 0 aromatic heterocycles. The summed E-state index contributed by atoms with van der Waals surface area (Å²) in [5.74, 6) is -0.452. The van der Waals surface area contributed by atoms with E-state index < -0.39 is 11.5 Å². The van der Waals surface area contributed by atoms with Crippen molar-refractivity contribution in [1.82, 2.24) is 10.6 Å². The number of carbonyl (C=O) groups is 1. The van der Waals surface area contributed by atoms with Gasteiger partial charge in [0.2, 0.25) is 0 Å². The predicted octanol–water partition coefficient (Wildman–Crippen LogP) is 1.36. The summed E-state index contributed by atoms with van der Waals surface area (Å²) in [7, 11) is 0. The lowest BCUT2D eigenvalue weighted by Crippen LogP contribution is -2.65. The quantitative estimate of drug-likeness (QED) is 0.694. The molecule has 1 saturated heterocycles. The fourth-order valence-electron chi connectivity index (χ4n) is 3.40. The summed E-state index contributed by atoms with van der Waals surface area (Å²) in [5.41, 5.74) is -0.686. The zero-order chi connectivity index (χ0) is 12.3. The van der Waals surface area contributed by atoms with Gasteiger partial charge in [-0.25, -0.2) is 0 Å². The standard InChI is InChI=1S/C13H24N2O2/c1-2-10-9-14-8-7-13(10,12(16)17)15-11-5-3-4-6-11/h10-11,14-15H,2-9H2,1H3,(H,16,17). The van der Waals surface area contributed by atoms with Crippen LogP contribution in [0, 0.1) is 5.92 Å². The van der Waals surface area contributed by atoms with E-state index in [0.717, 1.165) is 32.4 Å². The fraction of sp³-hybridized carbons (Fsp3) is 0.923. The molecule has 2 unspecified atom stereocenters. The van der Waals surface area contributed by atoms with Crippen LogP contribution in [0.2, 0.25) is 0 Å². The SMILES string of the molecule is CCC1CNCCC1(NC1CCCC1)C(=O)O. The Labute approximate surface area is 103 Å². The van der Waals surface area contributed by atoms with Crippen LogP contribution in [0.1, 0.15) is 45.4 Å². The minimum atomic E-state index is -0.686. The monoisotopic (exact) mass is 240 g/mol. The number of piperidine rings is 1. The highest BCUT2D eigenvalue weighted by atomic mass is 16.4. The van der Waals surface area contributed by atoms with Crippen molar-refractivity contribution in [2.75, 3.05) is 13.1 Å². The molecule has 1 heterocycles. The highest BCUT2D eigenvalue weighted by Gasteiger charge is 2.47. The lowest BCUT2D eigenvalue weighted by atomic mass is 9.76. The number of hydrogen-bond donors (Lipinski definition) is 3. The Morgan fingerprint density at radius 1 is 1.47 bits per heavy atom. The average Bonchev–Trinajstić information content (AvgIpc) is 2.82. The Morgan fingerprint density at radius 2 is 2.18 bits per heavy atom. The van der Waals surface area contributed by atoms with Gasteiger partial charge in [0.15, 0.2) is 0 Å². The van der Waals surface area contributed by atoms with Crippen LogP contribution in [0.4, 0.5) is 0 Å². The minimum absolute atomic E-state index is 0.203. The molecule has 0 aromatic rings. The van der Waals surface area contributed by atoms with Gasteiger partial charge in [0.05, 0.1) is 0 Å². The van der Waals surface area contributed by atoms with Crippen molar-refractivity contribution in [2.24, 2.45) is 5.92 Å². The molecule has 2 aliphatic rings. The van der Waals surface area contributed by atoms with Crippen LogP contribution in [-0.2, 0) is 4.79 Å². The van der Waals surface area contributed by atoms with E-state index >= 15 is 0 Å². The van der Waals surface area contributed by atoms with Gasteiger partial charge in [-0.2, -0.15) is 0 Å². The summed E-state index contributed by atoms with van der Waals surface area (Å²) in [5, 5.41) is 16.5. The summed E-state index contributed by atoms with van der Waals surface area (Å²) in [6.45, 7) is 3.72. The minimum Gasteiger partial charge on any atom is -0.480 e. The first-order valence-corrected chi connectivity index (χ1v) is 6.91. The van der Waals surface area contributed by atoms with Gasteiger partial charge in [0, 0.05) is 18.5 Å². The maximum atomic E-state index is 11.7. The third-order valence-corrected chi connectivity index (χ3v) is 4.48. The molecule has 0 amide bonds. The summed E-state index contributed by atoms with van der Waals surface area (Å²) in [6.07, 6.45) is 6.37. The fourth-order valence-corrected chi connectivity index (χ4v) is 3.40. The Kier molecular flexibility index (Phi) is 4.05. The summed E-state index contributed by atoms with van der Waals surface area (Å²) in [4.78, 5) is 11.7. The van der Waals surface area contributed by atoms with Crippen LogP contribution < -0.4 is 10.6 Å². The summed E-state index contributed by atoms with van der Waals surface area (Å²) in [6, 6.07) is 0.415. The van der Waals surface area contributed by atoms with E-state index in [1.54, 1.807) is 0 Å². The van der Waals surface area contributed by atoms with Crippen LogP contribution in [0.25, 0.3) is 0 Å². The molecule has 2 rings (SSSR count). The van der Waals surface area contributed by atoms with E-state index in [4.69, 9.17) is 0 Å². The Morgan fingerprint density at radius 3 is 2.76 bits per heavy atom. The average molecular weight is 240 g/mol. The van der Waals surface area contributed by atoms with Gasteiger partial charge in [-0.05, 0) is 32.2 Å². The zero-order valence-corrected chi connectivity index (χ0v) is 10.7. The van der Waals surface area contributed by atoms with Crippen molar-refractivity contribution in [3.63, 3.8) is 0 Å². The van der Waals surface area contributed by atoms with Crippen LogP contribution in [0.15, 0.2) is 0 Å². The first kappa shape index (κ1) is 12.8. The molecule has 0 aromatic carbocycles. The van der Waals surface area contributed by atoms with Gasteiger partial charge in [-0.1, -0.05) is 19.8 Å². The molecule has 1 aliphatic heterocycles. The number of carboxylic acid groups (broad SMARTS) is 1. The lowest BCUT2D eigenvalue weighted by Gasteiger charge is -2.43. The largest absolute Gasteiger partial charge is 0.480 e. The second-order valence-corrected chi connectivity index (χ2v) is 5.46. The number of carboxylic acids is 1. The highest BCUT2D eigenvalue weighted by molar-refractivity contribution is 5.79. The first-order chi connectivity index (χ1) is 8.19. The molecule has 0 bridgehead atoms. The second kappa shape index (κ2) is 5.36. The molecular formula is C13H24N2O2. The van der Waals surface area contributed by atoms with Crippen molar-refractivity contribution in [3.8, 4) is 0 Å². The summed E-state index contributed by atoms with van der Waals surface area (Å²) >= 11 is 0. The molecule has 4 nitrogen and oxygen atoms in total. The van der Waals surface area contributed by atoms with Crippen molar-refractivity contribution in [2.45, 2.75) is 57.0 Å². The van der Waals surface area contributed by atoms with Crippen molar-refractivity contribution >= 4 is 5.97 Å². The first-order valence-electron chi connectivity index (χ1n) is 6.91. The van der Waals surface area contributed by atoms with Gasteiger partial charge >= 0.3 is 5.97 Å². The molecule has 0 spiro atoms. The van der Waals surface area contributed by atoms with Gasteiger partial charge in [0.25, 0.3) is 0 Å². The molecule has 2 atom stereocenters. The third-order valence-electron chi connectivity index (χ3n) is 4.48. The molecule has 98 valence electrons. The Balaban J connectivity index is 2.13. The number of hydrogen-bond acceptors (Lipinski definition) is 3. The maximum Gasteiger partial charge on any atom is 0.324 e. The molecule has 2 fully saturated rings. The van der Waals surface area contributed by atoms with Crippen molar-refractivity contribution in [3.05, 3.63) is 0 Å². The third kappa shape index (κ3) is 2.47. The summed E-state index contributed by atoms with van der Waals surface area (Å²) < 4.78 is 0. The second-order valence-electron chi connectivity index (χ2n) is 5.46. The van der Waals surface area contributed by atoms with Crippen molar-refractivity contribution < 1.29 is 9.90 Å². The molecular weight excluding hydrogens is 216 g/mol. The number of aliphatic carboxylic acids is 1. The van der Waals surface area contributed by atoms with Crippen LogP contribution in [0.5, 0.6) is 0 Å². The van der Waals surface area contributed by atoms with E-state index in [9.17, 15) is 9.90 Å². The maximum absolute atomic E-state index is 11.7. The van der Waals surface area contributed by atoms with E-state index in [2.05, 4.69) is 17.6 Å².